The highest BCUT2D eigenvalue weighted by Gasteiger charge is 2.20. The second kappa shape index (κ2) is 11.4. The predicted octanol–water partition coefficient (Wildman–Crippen LogP) is 2.31. The van der Waals surface area contributed by atoms with Crippen LogP contribution in [0, 0.1) is 5.92 Å². The highest BCUT2D eigenvalue weighted by Crippen LogP contribution is 2.11. The molecular formula is C19H42N4. The summed E-state index contributed by atoms with van der Waals surface area (Å²) in [6.07, 6.45) is 0. The van der Waals surface area contributed by atoms with E-state index in [-0.39, 0.29) is 0 Å². The normalized spacial score (nSPS) is 23.6. The van der Waals surface area contributed by atoms with E-state index in [2.05, 4.69) is 61.1 Å². The summed E-state index contributed by atoms with van der Waals surface area (Å²) < 4.78 is 0. The number of nitrogens with zero attached hydrogens (tertiary/aromatic N) is 4. The summed E-state index contributed by atoms with van der Waals surface area (Å²) in [6.45, 7) is 27.2. The smallest absolute Gasteiger partial charge is 0.0113 e. The second-order valence-electron chi connectivity index (χ2n) is 7.32. The van der Waals surface area contributed by atoms with Crippen molar-refractivity contribution in [2.75, 3.05) is 72.0 Å². The number of rotatable bonds is 5. The van der Waals surface area contributed by atoms with Crippen molar-refractivity contribution in [2.24, 2.45) is 5.92 Å². The first-order valence-corrected chi connectivity index (χ1v) is 9.92. The van der Waals surface area contributed by atoms with Crippen LogP contribution < -0.4 is 0 Å². The molecule has 4 nitrogen and oxygen atoms in total. The van der Waals surface area contributed by atoms with E-state index in [1.807, 2.05) is 0 Å². The third kappa shape index (κ3) is 7.51. The third-order valence-corrected chi connectivity index (χ3v) is 5.75. The summed E-state index contributed by atoms with van der Waals surface area (Å²) in [5.41, 5.74) is 0. The maximum atomic E-state index is 2.72. The lowest BCUT2D eigenvalue weighted by atomic mass is 10.0. The van der Waals surface area contributed by atoms with Gasteiger partial charge in [-0.2, -0.15) is 0 Å². The highest BCUT2D eigenvalue weighted by atomic mass is 15.3. The zero-order valence-electron chi connectivity index (χ0n) is 16.7. The van der Waals surface area contributed by atoms with Crippen molar-refractivity contribution in [3.05, 3.63) is 0 Å². The van der Waals surface area contributed by atoms with E-state index in [4.69, 9.17) is 0 Å². The first-order chi connectivity index (χ1) is 11.0. The van der Waals surface area contributed by atoms with Crippen LogP contribution in [-0.2, 0) is 0 Å². The molecule has 1 saturated heterocycles. The van der Waals surface area contributed by atoms with E-state index in [1.54, 1.807) is 0 Å². The first-order valence-electron chi connectivity index (χ1n) is 9.92. The molecule has 1 fully saturated rings. The largest absolute Gasteiger partial charge is 0.301 e. The Hall–Kier alpha value is -0.160. The average Bonchev–Trinajstić information content (AvgIpc) is 2.55. The van der Waals surface area contributed by atoms with Crippen molar-refractivity contribution in [3.63, 3.8) is 0 Å². The van der Waals surface area contributed by atoms with Gasteiger partial charge in [-0.3, -0.25) is 4.90 Å². The molecule has 0 aromatic rings. The maximum absolute atomic E-state index is 2.72. The molecule has 0 N–H and O–H groups in total. The van der Waals surface area contributed by atoms with Crippen LogP contribution in [0.3, 0.4) is 0 Å². The molecule has 1 aliphatic heterocycles. The molecule has 4 heteroatoms. The van der Waals surface area contributed by atoms with Gasteiger partial charge in [0.05, 0.1) is 0 Å². The zero-order chi connectivity index (χ0) is 17.2. The van der Waals surface area contributed by atoms with E-state index < -0.39 is 0 Å². The van der Waals surface area contributed by atoms with E-state index >= 15 is 0 Å². The topological polar surface area (TPSA) is 13.0 Å². The van der Waals surface area contributed by atoms with Crippen LogP contribution >= 0.6 is 0 Å². The summed E-state index contributed by atoms with van der Waals surface area (Å²) in [4.78, 5) is 10.6. The minimum Gasteiger partial charge on any atom is -0.301 e. The van der Waals surface area contributed by atoms with Crippen LogP contribution in [0.25, 0.3) is 0 Å². The Kier molecular flexibility index (Phi) is 10.4. The molecule has 23 heavy (non-hydrogen) atoms. The summed E-state index contributed by atoms with van der Waals surface area (Å²) >= 11 is 0. The van der Waals surface area contributed by atoms with Gasteiger partial charge >= 0.3 is 0 Å². The monoisotopic (exact) mass is 326 g/mol. The number of hydrogen-bond acceptors (Lipinski definition) is 4. The van der Waals surface area contributed by atoms with Crippen LogP contribution in [-0.4, -0.2) is 97.6 Å². The van der Waals surface area contributed by atoms with Gasteiger partial charge in [0.15, 0.2) is 0 Å². The van der Waals surface area contributed by atoms with Crippen LogP contribution in [0.15, 0.2) is 0 Å². The van der Waals surface area contributed by atoms with E-state index in [1.165, 1.54) is 72.0 Å². The van der Waals surface area contributed by atoms with Gasteiger partial charge in [0, 0.05) is 58.4 Å². The summed E-state index contributed by atoms with van der Waals surface area (Å²) in [7, 11) is 0. The van der Waals surface area contributed by atoms with Crippen LogP contribution in [0.2, 0.25) is 0 Å². The highest BCUT2D eigenvalue weighted by molar-refractivity contribution is 4.75. The van der Waals surface area contributed by atoms with Gasteiger partial charge in [-0.1, -0.05) is 34.6 Å². The van der Waals surface area contributed by atoms with Gasteiger partial charge in [0.25, 0.3) is 0 Å². The molecule has 0 spiro atoms. The predicted molar refractivity (Wildman–Crippen MR) is 102 cm³/mol. The molecule has 0 bridgehead atoms. The molecule has 1 rings (SSSR count). The van der Waals surface area contributed by atoms with Crippen LogP contribution in [0.4, 0.5) is 0 Å². The van der Waals surface area contributed by atoms with E-state index in [0.29, 0.717) is 6.04 Å². The van der Waals surface area contributed by atoms with Crippen LogP contribution in [0.5, 0.6) is 0 Å². The van der Waals surface area contributed by atoms with Gasteiger partial charge in [0.2, 0.25) is 0 Å². The summed E-state index contributed by atoms with van der Waals surface area (Å²) in [5, 5.41) is 0. The summed E-state index contributed by atoms with van der Waals surface area (Å²) in [5.74, 6) is 0.726. The first kappa shape index (κ1) is 20.9. The molecule has 1 unspecified atom stereocenters. The van der Waals surface area contributed by atoms with Gasteiger partial charge in [-0.25, -0.2) is 0 Å². The Morgan fingerprint density at radius 3 is 1.13 bits per heavy atom. The lowest BCUT2D eigenvalue weighted by Crippen LogP contribution is -2.48. The Morgan fingerprint density at radius 2 is 0.870 bits per heavy atom. The standard InChI is InChI=1S/C19H42N4/c1-7-20-10-12-21(8-2)14-16-23(19(6)18(4)5)17-15-22(9-3)13-11-20/h18-19H,7-17H2,1-6H3. The fraction of sp³-hybridized carbons (Fsp3) is 1.00. The molecule has 0 amide bonds. The van der Waals surface area contributed by atoms with Gasteiger partial charge < -0.3 is 14.7 Å². The fourth-order valence-corrected chi connectivity index (χ4v) is 3.33. The molecule has 0 aromatic carbocycles. The Morgan fingerprint density at radius 1 is 0.565 bits per heavy atom. The van der Waals surface area contributed by atoms with Gasteiger partial charge in [-0.05, 0) is 32.5 Å². The molecule has 1 aliphatic rings. The molecule has 1 heterocycles. The van der Waals surface area contributed by atoms with E-state index in [9.17, 15) is 0 Å². The maximum Gasteiger partial charge on any atom is 0.0113 e. The average molecular weight is 327 g/mol. The fourth-order valence-electron chi connectivity index (χ4n) is 3.33. The van der Waals surface area contributed by atoms with Gasteiger partial charge in [0.1, 0.15) is 0 Å². The van der Waals surface area contributed by atoms with Crippen molar-refractivity contribution in [1.29, 1.82) is 0 Å². The Bertz CT molecular complexity index is 275. The van der Waals surface area contributed by atoms with Crippen molar-refractivity contribution in [2.45, 2.75) is 47.6 Å². The van der Waals surface area contributed by atoms with Crippen molar-refractivity contribution >= 4 is 0 Å². The number of likely N-dealkylation sites (N-methyl/N-ethyl adjacent to an activating group) is 3. The third-order valence-electron chi connectivity index (χ3n) is 5.75. The van der Waals surface area contributed by atoms with Crippen molar-refractivity contribution in [1.82, 2.24) is 19.6 Å². The molecule has 0 aromatic heterocycles. The number of hydrogen-bond donors (Lipinski definition) is 0. The van der Waals surface area contributed by atoms with Crippen molar-refractivity contribution in [3.8, 4) is 0 Å². The second-order valence-corrected chi connectivity index (χ2v) is 7.32. The minimum atomic E-state index is 0.669. The lowest BCUT2D eigenvalue weighted by molar-refractivity contribution is 0.106. The zero-order valence-corrected chi connectivity index (χ0v) is 16.7. The molecule has 1 atom stereocenters. The Labute approximate surface area is 145 Å². The quantitative estimate of drug-likeness (QED) is 0.768. The molecule has 0 saturated carbocycles. The van der Waals surface area contributed by atoms with Crippen molar-refractivity contribution < 1.29 is 0 Å². The van der Waals surface area contributed by atoms with Gasteiger partial charge in [-0.15, -0.1) is 0 Å². The minimum absolute atomic E-state index is 0.669. The Balaban J connectivity index is 2.73. The molecular weight excluding hydrogens is 284 g/mol. The van der Waals surface area contributed by atoms with E-state index in [0.717, 1.165) is 5.92 Å². The molecule has 0 aliphatic carbocycles. The lowest BCUT2D eigenvalue weighted by Gasteiger charge is -2.37. The molecule has 138 valence electrons. The van der Waals surface area contributed by atoms with Crippen LogP contribution in [0.1, 0.15) is 41.5 Å². The SMILES string of the molecule is CCN1CCN(CC)CCN(C(C)C(C)C)CCN(CC)CC1. The molecule has 0 radical (unpaired) electrons. The summed E-state index contributed by atoms with van der Waals surface area (Å²) in [6, 6.07) is 0.669.